The number of nitrogens with two attached hydrogens (primary N) is 1. The highest BCUT2D eigenvalue weighted by Crippen LogP contribution is 2.19. The molecule has 3 rings (SSSR count). The molecule has 1 saturated heterocycles. The van der Waals surface area contributed by atoms with Crippen molar-refractivity contribution in [2.75, 3.05) is 45.9 Å². The lowest BCUT2D eigenvalue weighted by Gasteiger charge is -2.35. The second-order valence-corrected chi connectivity index (χ2v) is 8.83. The molecule has 9 heteroatoms. The number of rotatable bonds is 7. The summed E-state index contributed by atoms with van der Waals surface area (Å²) in [6.45, 7) is 13.1. The fourth-order valence-electron chi connectivity index (χ4n) is 3.59. The zero-order valence-electron chi connectivity index (χ0n) is 18.9. The van der Waals surface area contributed by atoms with Crippen LogP contribution in [0.25, 0.3) is 10.9 Å². The van der Waals surface area contributed by atoms with E-state index in [0.29, 0.717) is 38.4 Å². The van der Waals surface area contributed by atoms with Gasteiger partial charge in [0, 0.05) is 43.7 Å². The summed E-state index contributed by atoms with van der Waals surface area (Å²) in [5.74, 6) is -0.449. The average Bonchev–Trinajstić information content (AvgIpc) is 3.02. The summed E-state index contributed by atoms with van der Waals surface area (Å²) in [5, 5.41) is 5.56. The van der Waals surface area contributed by atoms with Gasteiger partial charge in [-0.15, -0.1) is 0 Å². The third-order valence-electron chi connectivity index (χ3n) is 5.24. The van der Waals surface area contributed by atoms with Crippen molar-refractivity contribution in [2.45, 2.75) is 39.8 Å². The second kappa shape index (κ2) is 9.65. The average molecular weight is 432 g/mol. The first kappa shape index (κ1) is 23.0. The molecule has 0 aliphatic carbocycles. The van der Waals surface area contributed by atoms with Crippen molar-refractivity contribution in [1.82, 2.24) is 19.6 Å². The van der Waals surface area contributed by atoms with Crippen LogP contribution in [0.15, 0.2) is 18.2 Å². The molecule has 9 nitrogen and oxygen atoms in total. The molecule has 2 heterocycles. The van der Waals surface area contributed by atoms with Crippen LogP contribution in [0, 0.1) is 6.92 Å². The molecule has 0 spiro atoms. The summed E-state index contributed by atoms with van der Waals surface area (Å²) in [6.07, 6.45) is -0.246. The van der Waals surface area contributed by atoms with E-state index in [-0.39, 0.29) is 6.09 Å². The van der Waals surface area contributed by atoms with Gasteiger partial charge in [0.25, 0.3) is 0 Å². The Morgan fingerprint density at radius 3 is 2.42 bits per heavy atom. The largest absolute Gasteiger partial charge is 0.444 e. The summed E-state index contributed by atoms with van der Waals surface area (Å²) in [5.41, 5.74) is 7.20. The highest BCUT2D eigenvalue weighted by molar-refractivity contribution is 5.97. The molecule has 1 aliphatic rings. The van der Waals surface area contributed by atoms with Gasteiger partial charge < -0.3 is 20.1 Å². The normalized spacial score (nSPS) is 15.4. The number of nitrogens with zero attached hydrogens (tertiary/aromatic N) is 4. The topological polar surface area (TPSA) is 103 Å². The lowest BCUT2D eigenvalue weighted by Crippen LogP contribution is -2.50. The van der Waals surface area contributed by atoms with Gasteiger partial charge in [0.05, 0.1) is 31.0 Å². The maximum absolute atomic E-state index is 12.1. The van der Waals surface area contributed by atoms with E-state index in [1.165, 1.54) is 0 Å². The highest BCUT2D eigenvalue weighted by Gasteiger charge is 2.25. The summed E-state index contributed by atoms with van der Waals surface area (Å²) in [4.78, 5) is 27.6. The monoisotopic (exact) mass is 431 g/mol. The van der Waals surface area contributed by atoms with Crippen molar-refractivity contribution in [3.05, 3.63) is 29.5 Å². The molecule has 2 amide bonds. The van der Waals surface area contributed by atoms with Crippen LogP contribution in [0.5, 0.6) is 0 Å². The van der Waals surface area contributed by atoms with Crippen LogP contribution >= 0.6 is 0 Å². The molecule has 1 fully saturated rings. The Morgan fingerprint density at radius 1 is 1.10 bits per heavy atom. The number of piperazine rings is 1. The second-order valence-electron chi connectivity index (χ2n) is 8.83. The van der Waals surface area contributed by atoms with Gasteiger partial charge in [-0.05, 0) is 39.8 Å². The van der Waals surface area contributed by atoms with Crippen LogP contribution in [0.1, 0.15) is 36.8 Å². The molecule has 170 valence electrons. The molecule has 0 atom stereocenters. The predicted octanol–water partition coefficient (Wildman–Crippen LogP) is 2.01. The summed E-state index contributed by atoms with van der Waals surface area (Å²) in [7, 11) is 0. The van der Waals surface area contributed by atoms with E-state index in [2.05, 4.69) is 10.00 Å². The van der Waals surface area contributed by atoms with Gasteiger partial charge in [-0.2, -0.15) is 5.10 Å². The first-order valence-corrected chi connectivity index (χ1v) is 10.7. The molecular weight excluding hydrogens is 398 g/mol. The first-order valence-electron chi connectivity index (χ1n) is 10.7. The van der Waals surface area contributed by atoms with Crippen molar-refractivity contribution in [2.24, 2.45) is 5.73 Å². The minimum atomic E-state index is -0.470. The standard InChI is InChI=1S/C22H33N5O4/c1-16-18-6-5-17(20(23)28)15-19(18)27(24-16)12-14-30-13-11-25-7-9-26(10-8-25)21(29)31-22(2,3)4/h5-6,15H,7-14H2,1-4H3,(H2,23,28). The van der Waals surface area contributed by atoms with Gasteiger partial charge in [-0.1, -0.05) is 6.07 Å². The third kappa shape index (κ3) is 6.18. The number of primary amides is 1. The zero-order chi connectivity index (χ0) is 22.6. The van der Waals surface area contributed by atoms with Crippen LogP contribution in [-0.4, -0.2) is 83.1 Å². The fraction of sp³-hybridized carbons (Fsp3) is 0.591. The Hall–Kier alpha value is -2.65. The van der Waals surface area contributed by atoms with E-state index in [0.717, 1.165) is 36.2 Å². The quantitative estimate of drug-likeness (QED) is 0.673. The van der Waals surface area contributed by atoms with Crippen molar-refractivity contribution in [1.29, 1.82) is 0 Å². The number of carbonyl (C=O) groups excluding carboxylic acids is 2. The van der Waals surface area contributed by atoms with E-state index in [1.54, 1.807) is 17.0 Å². The Kier molecular flexibility index (Phi) is 7.17. The number of hydrogen-bond donors (Lipinski definition) is 1. The van der Waals surface area contributed by atoms with Crippen LogP contribution in [-0.2, 0) is 16.0 Å². The lowest BCUT2D eigenvalue weighted by molar-refractivity contribution is 0.0114. The Morgan fingerprint density at radius 2 is 1.77 bits per heavy atom. The third-order valence-corrected chi connectivity index (χ3v) is 5.24. The molecular formula is C22H33N5O4. The van der Waals surface area contributed by atoms with E-state index < -0.39 is 11.5 Å². The maximum Gasteiger partial charge on any atom is 0.410 e. The molecule has 0 bridgehead atoms. The maximum atomic E-state index is 12.1. The van der Waals surface area contributed by atoms with E-state index in [4.69, 9.17) is 15.2 Å². The van der Waals surface area contributed by atoms with E-state index in [9.17, 15) is 9.59 Å². The summed E-state index contributed by atoms with van der Waals surface area (Å²) in [6, 6.07) is 5.39. The van der Waals surface area contributed by atoms with Gasteiger partial charge in [-0.25, -0.2) is 4.79 Å². The van der Waals surface area contributed by atoms with Crippen molar-refractivity contribution in [3.8, 4) is 0 Å². The molecule has 0 radical (unpaired) electrons. The minimum absolute atomic E-state index is 0.246. The molecule has 1 aromatic heterocycles. The summed E-state index contributed by atoms with van der Waals surface area (Å²) >= 11 is 0. The Bertz CT molecular complexity index is 926. The van der Waals surface area contributed by atoms with E-state index in [1.807, 2.05) is 38.4 Å². The van der Waals surface area contributed by atoms with Gasteiger partial charge in [0.2, 0.25) is 5.91 Å². The van der Waals surface area contributed by atoms with Crippen molar-refractivity contribution in [3.63, 3.8) is 0 Å². The molecule has 1 aromatic carbocycles. The fourth-order valence-corrected chi connectivity index (χ4v) is 3.59. The van der Waals surface area contributed by atoms with E-state index >= 15 is 0 Å². The number of fused-ring (bicyclic) bond motifs is 1. The highest BCUT2D eigenvalue weighted by atomic mass is 16.6. The number of ether oxygens (including phenoxy) is 2. The smallest absolute Gasteiger partial charge is 0.410 e. The number of carbonyl (C=O) groups is 2. The summed E-state index contributed by atoms with van der Waals surface area (Å²) < 4.78 is 13.1. The first-order chi connectivity index (χ1) is 14.6. The molecule has 2 aromatic rings. The molecule has 0 unspecified atom stereocenters. The zero-order valence-corrected chi connectivity index (χ0v) is 18.9. The van der Waals surface area contributed by atoms with Gasteiger partial charge in [0.1, 0.15) is 5.60 Å². The van der Waals surface area contributed by atoms with Crippen LogP contribution in [0.4, 0.5) is 4.79 Å². The number of amides is 2. The number of aryl methyl sites for hydroxylation is 1. The van der Waals surface area contributed by atoms with Gasteiger partial charge in [-0.3, -0.25) is 14.4 Å². The van der Waals surface area contributed by atoms with Crippen molar-refractivity contribution >= 4 is 22.9 Å². The number of benzene rings is 1. The van der Waals surface area contributed by atoms with Gasteiger partial charge >= 0.3 is 6.09 Å². The molecule has 1 aliphatic heterocycles. The minimum Gasteiger partial charge on any atom is -0.444 e. The Balaban J connectivity index is 1.40. The van der Waals surface area contributed by atoms with Gasteiger partial charge in [0.15, 0.2) is 0 Å². The van der Waals surface area contributed by atoms with Crippen molar-refractivity contribution < 1.29 is 19.1 Å². The number of hydrogen-bond acceptors (Lipinski definition) is 6. The van der Waals surface area contributed by atoms with Crippen LogP contribution in [0.3, 0.4) is 0 Å². The van der Waals surface area contributed by atoms with Crippen LogP contribution in [0.2, 0.25) is 0 Å². The SMILES string of the molecule is Cc1nn(CCOCCN2CCN(C(=O)OC(C)(C)C)CC2)c2cc(C(N)=O)ccc12. The number of aromatic nitrogens is 2. The van der Waals surface area contributed by atoms with Crippen LogP contribution < -0.4 is 5.73 Å². The lowest BCUT2D eigenvalue weighted by atomic mass is 10.1. The molecule has 0 saturated carbocycles. The Labute approximate surface area is 183 Å². The molecule has 2 N–H and O–H groups in total. The molecule has 31 heavy (non-hydrogen) atoms. The predicted molar refractivity (Wildman–Crippen MR) is 118 cm³/mol.